The van der Waals surface area contributed by atoms with Gasteiger partial charge in [0.05, 0.1) is 0 Å². The van der Waals surface area contributed by atoms with Crippen molar-refractivity contribution < 1.29 is 9.90 Å². The Morgan fingerprint density at radius 2 is 1.93 bits per heavy atom. The average molecular weight is 198 g/mol. The van der Waals surface area contributed by atoms with E-state index in [0.29, 0.717) is 5.92 Å². The minimum absolute atomic E-state index is 0.601. The van der Waals surface area contributed by atoms with Crippen molar-refractivity contribution in [3.63, 3.8) is 0 Å². The summed E-state index contributed by atoms with van der Waals surface area (Å²) in [5, 5.41) is 8.39. The maximum atomic E-state index is 10.2. The minimum Gasteiger partial charge on any atom is -0.478 e. The molecule has 1 atom stereocenters. The molecule has 14 heavy (non-hydrogen) atoms. The van der Waals surface area contributed by atoms with Gasteiger partial charge in [0.1, 0.15) is 0 Å². The number of hydrogen-bond acceptors (Lipinski definition) is 1. The molecule has 0 aromatic rings. The van der Waals surface area contributed by atoms with E-state index in [4.69, 9.17) is 5.11 Å². The van der Waals surface area contributed by atoms with Crippen LogP contribution in [0.3, 0.4) is 0 Å². The summed E-state index contributed by atoms with van der Waals surface area (Å²) in [6.45, 7) is 6.64. The summed E-state index contributed by atoms with van der Waals surface area (Å²) in [4.78, 5) is 10.2. The Morgan fingerprint density at radius 3 is 2.43 bits per heavy atom. The fraction of sp³-hybridized carbons (Fsp3) is 0.750. The number of aliphatic carboxylic acids is 1. The van der Waals surface area contributed by atoms with Crippen molar-refractivity contribution in [2.75, 3.05) is 0 Å². The quantitative estimate of drug-likeness (QED) is 0.636. The highest BCUT2D eigenvalue weighted by molar-refractivity contribution is 5.79. The van der Waals surface area contributed by atoms with Crippen molar-refractivity contribution in [1.29, 1.82) is 0 Å². The van der Waals surface area contributed by atoms with Crippen LogP contribution >= 0.6 is 0 Å². The molecule has 0 rings (SSSR count). The lowest BCUT2D eigenvalue weighted by atomic mass is 9.97. The lowest BCUT2D eigenvalue weighted by Gasteiger charge is -2.09. The number of carboxylic acid groups (broad SMARTS) is 1. The molecule has 82 valence electrons. The van der Waals surface area contributed by atoms with Gasteiger partial charge in [0, 0.05) is 6.08 Å². The first-order valence-corrected chi connectivity index (χ1v) is 5.41. The summed E-state index contributed by atoms with van der Waals surface area (Å²) in [6.07, 6.45) is 7.58. The maximum absolute atomic E-state index is 10.2. The topological polar surface area (TPSA) is 37.3 Å². The van der Waals surface area contributed by atoms with Gasteiger partial charge in [0.25, 0.3) is 0 Å². The maximum Gasteiger partial charge on any atom is 0.327 e. The Morgan fingerprint density at radius 1 is 1.29 bits per heavy atom. The molecule has 0 saturated heterocycles. The monoisotopic (exact) mass is 198 g/mol. The Labute approximate surface area is 87.0 Å². The van der Waals surface area contributed by atoms with Crippen LogP contribution < -0.4 is 0 Å². The fourth-order valence-corrected chi connectivity index (χ4v) is 1.39. The first-order valence-electron chi connectivity index (χ1n) is 5.41. The molecule has 0 aromatic heterocycles. The van der Waals surface area contributed by atoms with E-state index in [1.165, 1.54) is 25.3 Å². The normalized spacial score (nSPS) is 13.7. The van der Waals surface area contributed by atoms with Gasteiger partial charge in [-0.1, -0.05) is 46.1 Å². The Balaban J connectivity index is 3.45. The van der Waals surface area contributed by atoms with Crippen LogP contribution in [0.1, 0.15) is 46.5 Å². The minimum atomic E-state index is -0.848. The van der Waals surface area contributed by atoms with Crippen LogP contribution in [0.4, 0.5) is 0 Å². The third-order valence-electron chi connectivity index (χ3n) is 2.28. The molecule has 0 amide bonds. The summed E-state index contributed by atoms with van der Waals surface area (Å²) in [5.74, 6) is 0.528. The standard InChI is InChI=1S/C12H22O2/c1-10(2)6-4-7-11(3)8-5-9-12(13)14/h5,9-11H,4,6-8H2,1-3H3,(H,13,14). The Bertz CT molecular complexity index is 183. The molecule has 0 aliphatic rings. The van der Waals surface area contributed by atoms with Crippen molar-refractivity contribution >= 4 is 5.97 Å². The zero-order valence-electron chi connectivity index (χ0n) is 9.49. The molecule has 1 unspecified atom stereocenters. The molecule has 0 aromatic carbocycles. The Hall–Kier alpha value is -0.790. The second kappa shape index (κ2) is 7.60. The van der Waals surface area contributed by atoms with Crippen LogP contribution in [0.2, 0.25) is 0 Å². The average Bonchev–Trinajstić information content (AvgIpc) is 2.02. The highest BCUT2D eigenvalue weighted by atomic mass is 16.4. The van der Waals surface area contributed by atoms with Crippen molar-refractivity contribution in [1.82, 2.24) is 0 Å². The van der Waals surface area contributed by atoms with Gasteiger partial charge in [-0.3, -0.25) is 0 Å². The summed E-state index contributed by atoms with van der Waals surface area (Å²) < 4.78 is 0. The fourth-order valence-electron chi connectivity index (χ4n) is 1.39. The van der Waals surface area contributed by atoms with Crippen LogP contribution in [0, 0.1) is 11.8 Å². The molecule has 0 spiro atoms. The second-order valence-corrected chi connectivity index (χ2v) is 4.41. The molecular weight excluding hydrogens is 176 g/mol. The van der Waals surface area contributed by atoms with Crippen molar-refractivity contribution in [3.8, 4) is 0 Å². The van der Waals surface area contributed by atoms with E-state index in [9.17, 15) is 4.79 Å². The molecule has 0 aliphatic heterocycles. The summed E-state index contributed by atoms with van der Waals surface area (Å²) in [6, 6.07) is 0. The molecule has 0 bridgehead atoms. The second-order valence-electron chi connectivity index (χ2n) is 4.41. The number of rotatable bonds is 7. The predicted molar refractivity (Wildman–Crippen MR) is 59.2 cm³/mol. The first-order chi connectivity index (χ1) is 6.52. The van der Waals surface area contributed by atoms with E-state index in [-0.39, 0.29) is 0 Å². The lowest BCUT2D eigenvalue weighted by molar-refractivity contribution is -0.131. The largest absolute Gasteiger partial charge is 0.478 e. The summed E-state index contributed by atoms with van der Waals surface area (Å²) in [7, 11) is 0. The van der Waals surface area contributed by atoms with Gasteiger partial charge in [0.2, 0.25) is 0 Å². The summed E-state index contributed by atoms with van der Waals surface area (Å²) >= 11 is 0. The van der Waals surface area contributed by atoms with Gasteiger partial charge < -0.3 is 5.11 Å². The SMILES string of the molecule is CC(C)CCCC(C)CC=CC(=O)O. The Kier molecular flexibility index (Phi) is 7.17. The lowest BCUT2D eigenvalue weighted by Crippen LogP contribution is -1.96. The van der Waals surface area contributed by atoms with Crippen LogP contribution in [0.15, 0.2) is 12.2 Å². The molecule has 0 radical (unpaired) electrons. The van der Waals surface area contributed by atoms with Crippen molar-refractivity contribution in [2.24, 2.45) is 11.8 Å². The first kappa shape index (κ1) is 13.2. The molecule has 0 aliphatic carbocycles. The molecule has 0 heterocycles. The van der Waals surface area contributed by atoms with Gasteiger partial charge in [-0.15, -0.1) is 0 Å². The molecule has 2 nitrogen and oxygen atoms in total. The van der Waals surface area contributed by atoms with E-state index in [1.54, 1.807) is 6.08 Å². The molecule has 0 fully saturated rings. The van der Waals surface area contributed by atoms with Gasteiger partial charge in [-0.2, -0.15) is 0 Å². The van der Waals surface area contributed by atoms with E-state index >= 15 is 0 Å². The van der Waals surface area contributed by atoms with E-state index in [1.807, 2.05) is 0 Å². The third kappa shape index (κ3) is 9.30. The number of carbonyl (C=O) groups is 1. The van der Waals surface area contributed by atoms with E-state index in [0.717, 1.165) is 12.3 Å². The predicted octanol–water partition coefficient (Wildman–Crippen LogP) is 3.48. The molecule has 0 saturated carbocycles. The van der Waals surface area contributed by atoms with Crippen LogP contribution in [-0.2, 0) is 4.79 Å². The zero-order valence-corrected chi connectivity index (χ0v) is 9.49. The highest BCUT2D eigenvalue weighted by Crippen LogP contribution is 2.15. The van der Waals surface area contributed by atoms with E-state index in [2.05, 4.69) is 20.8 Å². The van der Waals surface area contributed by atoms with Gasteiger partial charge in [0.15, 0.2) is 0 Å². The molecule has 1 N–H and O–H groups in total. The van der Waals surface area contributed by atoms with E-state index < -0.39 is 5.97 Å². The van der Waals surface area contributed by atoms with Crippen LogP contribution in [0.25, 0.3) is 0 Å². The van der Waals surface area contributed by atoms with Crippen molar-refractivity contribution in [3.05, 3.63) is 12.2 Å². The highest BCUT2D eigenvalue weighted by Gasteiger charge is 2.01. The van der Waals surface area contributed by atoms with Crippen LogP contribution in [0.5, 0.6) is 0 Å². The smallest absolute Gasteiger partial charge is 0.327 e. The van der Waals surface area contributed by atoms with Gasteiger partial charge >= 0.3 is 5.97 Å². The number of allylic oxidation sites excluding steroid dienone is 1. The molecule has 2 heteroatoms. The van der Waals surface area contributed by atoms with Gasteiger partial charge in [-0.05, 0) is 18.3 Å². The van der Waals surface area contributed by atoms with Crippen molar-refractivity contribution in [2.45, 2.75) is 46.5 Å². The van der Waals surface area contributed by atoms with Gasteiger partial charge in [-0.25, -0.2) is 4.79 Å². The third-order valence-corrected chi connectivity index (χ3v) is 2.28. The summed E-state index contributed by atoms with van der Waals surface area (Å²) in [5.41, 5.74) is 0. The number of carboxylic acids is 1. The molecular formula is C12H22O2. The van der Waals surface area contributed by atoms with Crippen LogP contribution in [-0.4, -0.2) is 11.1 Å². The zero-order chi connectivity index (χ0) is 11.0. The number of hydrogen-bond donors (Lipinski definition) is 1.